The molecule has 0 bridgehead atoms. The first-order valence-electron chi connectivity index (χ1n) is 5.70. The van der Waals surface area contributed by atoms with Crippen molar-refractivity contribution in [1.29, 1.82) is 0 Å². The molecule has 0 spiro atoms. The van der Waals surface area contributed by atoms with Gasteiger partial charge in [-0.2, -0.15) is 0 Å². The Bertz CT molecular complexity index is 475. The molecule has 1 N–H and O–H groups in total. The number of aryl methyl sites for hydroxylation is 1. The van der Waals surface area contributed by atoms with Crippen LogP contribution in [0.5, 0.6) is 0 Å². The third kappa shape index (κ3) is 3.14. The van der Waals surface area contributed by atoms with Crippen molar-refractivity contribution in [2.45, 2.75) is 25.9 Å². The highest BCUT2D eigenvalue weighted by atomic mass is 32.1. The maximum Gasteiger partial charge on any atom is 0.123 e. The molecular formula is C14H15FOS. The molecule has 0 saturated heterocycles. The second-order valence-corrected chi connectivity index (χ2v) is 5.20. The zero-order valence-electron chi connectivity index (χ0n) is 9.69. The Labute approximate surface area is 105 Å². The fourth-order valence-corrected chi connectivity index (χ4v) is 2.65. The summed E-state index contributed by atoms with van der Waals surface area (Å²) in [6.07, 6.45) is 1.03. The third-order valence-corrected chi connectivity index (χ3v) is 4.03. The molecule has 2 rings (SSSR count). The highest BCUT2D eigenvalue weighted by Crippen LogP contribution is 2.26. The summed E-state index contributed by atoms with van der Waals surface area (Å²) in [4.78, 5) is 2.25. The van der Waals surface area contributed by atoms with Crippen molar-refractivity contribution in [3.05, 3.63) is 57.5 Å². The largest absolute Gasteiger partial charge is 0.387 e. The molecule has 0 aliphatic rings. The first kappa shape index (κ1) is 12.3. The van der Waals surface area contributed by atoms with E-state index in [2.05, 4.69) is 6.92 Å². The lowest BCUT2D eigenvalue weighted by molar-refractivity contribution is 0.182. The summed E-state index contributed by atoms with van der Waals surface area (Å²) >= 11 is 1.64. The van der Waals surface area contributed by atoms with E-state index in [-0.39, 0.29) is 5.82 Å². The molecular weight excluding hydrogens is 235 g/mol. The topological polar surface area (TPSA) is 20.2 Å². The van der Waals surface area contributed by atoms with Crippen LogP contribution in [0.15, 0.2) is 36.4 Å². The van der Waals surface area contributed by atoms with Gasteiger partial charge in [0.15, 0.2) is 0 Å². The lowest BCUT2D eigenvalue weighted by Crippen LogP contribution is -1.99. The first-order chi connectivity index (χ1) is 8.19. The molecule has 1 heterocycles. The van der Waals surface area contributed by atoms with Gasteiger partial charge in [-0.1, -0.05) is 19.1 Å². The fourth-order valence-electron chi connectivity index (χ4n) is 1.71. The summed E-state index contributed by atoms with van der Waals surface area (Å²) in [5.41, 5.74) is 0.949. The molecule has 0 saturated carbocycles. The van der Waals surface area contributed by atoms with Crippen LogP contribution >= 0.6 is 11.3 Å². The van der Waals surface area contributed by atoms with Crippen LogP contribution in [0.1, 0.15) is 28.3 Å². The minimum Gasteiger partial charge on any atom is -0.387 e. The van der Waals surface area contributed by atoms with Gasteiger partial charge in [-0.3, -0.25) is 0 Å². The van der Waals surface area contributed by atoms with Crippen molar-refractivity contribution < 1.29 is 9.50 Å². The van der Waals surface area contributed by atoms with Gasteiger partial charge in [-0.25, -0.2) is 4.39 Å². The van der Waals surface area contributed by atoms with Crippen molar-refractivity contribution in [2.24, 2.45) is 0 Å². The van der Waals surface area contributed by atoms with E-state index in [1.165, 1.54) is 17.0 Å². The normalized spacial score (nSPS) is 12.6. The van der Waals surface area contributed by atoms with Crippen LogP contribution in [0.2, 0.25) is 0 Å². The summed E-state index contributed by atoms with van der Waals surface area (Å²) < 4.78 is 12.7. The maximum absolute atomic E-state index is 12.7. The van der Waals surface area contributed by atoms with Crippen LogP contribution < -0.4 is 0 Å². The summed E-state index contributed by atoms with van der Waals surface area (Å²) in [5.74, 6) is -0.243. The summed E-state index contributed by atoms with van der Waals surface area (Å²) in [6.45, 7) is 2.10. The van der Waals surface area contributed by atoms with E-state index in [9.17, 15) is 9.50 Å². The van der Waals surface area contributed by atoms with Crippen molar-refractivity contribution in [2.75, 3.05) is 0 Å². The second kappa shape index (κ2) is 5.43. The zero-order chi connectivity index (χ0) is 12.3. The number of thiophene rings is 1. The lowest BCUT2D eigenvalue weighted by Gasteiger charge is -2.08. The van der Waals surface area contributed by atoms with Crippen LogP contribution in [-0.2, 0) is 12.8 Å². The van der Waals surface area contributed by atoms with Gasteiger partial charge >= 0.3 is 0 Å². The predicted octanol–water partition coefficient (Wildman–Crippen LogP) is 3.73. The number of aliphatic hydroxyl groups is 1. The molecule has 0 aliphatic carbocycles. The molecule has 1 atom stereocenters. The van der Waals surface area contributed by atoms with Gasteiger partial charge in [0.25, 0.3) is 0 Å². The molecule has 0 aliphatic heterocycles. The van der Waals surface area contributed by atoms with Gasteiger partial charge in [0, 0.05) is 16.2 Å². The van der Waals surface area contributed by atoms with Crippen LogP contribution in [-0.4, -0.2) is 5.11 Å². The zero-order valence-corrected chi connectivity index (χ0v) is 10.5. The average molecular weight is 250 g/mol. The average Bonchev–Trinajstić information content (AvgIpc) is 2.81. The highest BCUT2D eigenvalue weighted by molar-refractivity contribution is 7.12. The van der Waals surface area contributed by atoms with E-state index >= 15 is 0 Å². The van der Waals surface area contributed by atoms with Crippen molar-refractivity contribution in [3.8, 4) is 0 Å². The van der Waals surface area contributed by atoms with E-state index in [1.54, 1.807) is 23.5 Å². The van der Waals surface area contributed by atoms with Gasteiger partial charge in [-0.05, 0) is 36.2 Å². The van der Waals surface area contributed by atoms with E-state index in [0.717, 1.165) is 16.9 Å². The van der Waals surface area contributed by atoms with Gasteiger partial charge in [0.2, 0.25) is 0 Å². The number of hydrogen-bond acceptors (Lipinski definition) is 2. The number of hydrogen-bond donors (Lipinski definition) is 1. The molecule has 0 fully saturated rings. The van der Waals surface area contributed by atoms with E-state index < -0.39 is 6.10 Å². The Hall–Kier alpha value is -1.19. The van der Waals surface area contributed by atoms with Gasteiger partial charge in [0.05, 0.1) is 6.10 Å². The van der Waals surface area contributed by atoms with Crippen LogP contribution in [0.25, 0.3) is 0 Å². The van der Waals surface area contributed by atoms with E-state index in [4.69, 9.17) is 0 Å². The third-order valence-electron chi connectivity index (χ3n) is 2.70. The quantitative estimate of drug-likeness (QED) is 0.876. The first-order valence-corrected chi connectivity index (χ1v) is 6.52. The summed E-state index contributed by atoms with van der Waals surface area (Å²) in [5, 5.41) is 10.1. The number of aliphatic hydroxyl groups excluding tert-OH is 1. The number of rotatable bonds is 4. The standard InChI is InChI=1S/C14H15FOS/c1-2-12-7-8-14(17-12)13(16)9-10-3-5-11(15)6-4-10/h3-8,13,16H,2,9H2,1H3. The Kier molecular flexibility index (Phi) is 3.92. The Balaban J connectivity index is 2.05. The smallest absolute Gasteiger partial charge is 0.123 e. The molecule has 1 aromatic carbocycles. The Morgan fingerprint density at radius 1 is 1.18 bits per heavy atom. The Morgan fingerprint density at radius 2 is 1.88 bits per heavy atom. The molecule has 2 aromatic rings. The maximum atomic E-state index is 12.7. The molecule has 0 amide bonds. The van der Waals surface area contributed by atoms with Crippen LogP contribution in [0.3, 0.4) is 0 Å². The van der Waals surface area contributed by atoms with Crippen LogP contribution in [0.4, 0.5) is 4.39 Å². The minimum atomic E-state index is -0.495. The Morgan fingerprint density at radius 3 is 2.47 bits per heavy atom. The molecule has 90 valence electrons. The number of halogens is 1. The molecule has 1 aromatic heterocycles. The van der Waals surface area contributed by atoms with Gasteiger partial charge in [-0.15, -0.1) is 11.3 Å². The van der Waals surface area contributed by atoms with Gasteiger partial charge in [0.1, 0.15) is 5.82 Å². The lowest BCUT2D eigenvalue weighted by atomic mass is 10.1. The second-order valence-electron chi connectivity index (χ2n) is 4.00. The molecule has 1 nitrogen and oxygen atoms in total. The SMILES string of the molecule is CCc1ccc(C(O)Cc2ccc(F)cc2)s1. The van der Waals surface area contributed by atoms with E-state index in [1.807, 2.05) is 12.1 Å². The molecule has 1 unspecified atom stereocenters. The molecule has 17 heavy (non-hydrogen) atoms. The number of benzene rings is 1. The molecule has 3 heteroatoms. The van der Waals surface area contributed by atoms with Crippen molar-refractivity contribution in [1.82, 2.24) is 0 Å². The molecule has 0 radical (unpaired) electrons. The van der Waals surface area contributed by atoms with Gasteiger partial charge < -0.3 is 5.11 Å². The summed E-state index contributed by atoms with van der Waals surface area (Å²) in [6, 6.07) is 10.3. The highest BCUT2D eigenvalue weighted by Gasteiger charge is 2.11. The van der Waals surface area contributed by atoms with Crippen molar-refractivity contribution >= 4 is 11.3 Å². The summed E-state index contributed by atoms with van der Waals surface area (Å²) in [7, 11) is 0. The minimum absolute atomic E-state index is 0.243. The monoisotopic (exact) mass is 250 g/mol. The van der Waals surface area contributed by atoms with E-state index in [0.29, 0.717) is 6.42 Å². The van der Waals surface area contributed by atoms with Crippen LogP contribution in [0, 0.1) is 5.82 Å². The fraction of sp³-hybridized carbons (Fsp3) is 0.286. The predicted molar refractivity (Wildman–Crippen MR) is 68.8 cm³/mol. The van der Waals surface area contributed by atoms with Crippen molar-refractivity contribution in [3.63, 3.8) is 0 Å².